The van der Waals surface area contributed by atoms with Gasteiger partial charge in [-0.15, -0.1) is 0 Å². The van der Waals surface area contributed by atoms with Gasteiger partial charge in [-0.25, -0.2) is 0 Å². The van der Waals surface area contributed by atoms with Crippen LogP contribution in [0.25, 0.3) is 0 Å². The summed E-state index contributed by atoms with van der Waals surface area (Å²) >= 11 is 5.79. The van der Waals surface area contributed by atoms with E-state index in [1.807, 2.05) is 25.7 Å². The predicted octanol–water partition coefficient (Wildman–Crippen LogP) is 2.85. The highest BCUT2D eigenvalue weighted by Crippen LogP contribution is 2.16. The Balaban J connectivity index is 2.63. The number of carboxylic acids is 1. The molecule has 0 saturated heterocycles. The molecule has 0 radical (unpaired) electrons. The number of nitrogens with zero attached hydrogens (tertiary/aromatic N) is 1. The maximum absolute atomic E-state index is 12.1. The van der Waals surface area contributed by atoms with Crippen molar-refractivity contribution in [3.05, 3.63) is 29.3 Å². The molecule has 1 rings (SSSR count). The van der Waals surface area contributed by atoms with Gasteiger partial charge in [-0.3, -0.25) is 14.5 Å². The van der Waals surface area contributed by atoms with E-state index in [2.05, 4.69) is 5.32 Å². The molecule has 6 heteroatoms. The highest BCUT2D eigenvalue weighted by atomic mass is 35.5. The van der Waals surface area contributed by atoms with Gasteiger partial charge < -0.3 is 10.4 Å². The molecule has 0 spiro atoms. The number of carboxylic acid groups (broad SMARTS) is 1. The molecule has 0 fully saturated rings. The summed E-state index contributed by atoms with van der Waals surface area (Å²) < 4.78 is 0. The highest BCUT2D eigenvalue weighted by molar-refractivity contribution is 6.30. The van der Waals surface area contributed by atoms with Crippen molar-refractivity contribution in [1.82, 2.24) is 4.90 Å². The molecular formula is C15H21ClN2O3. The van der Waals surface area contributed by atoms with E-state index in [9.17, 15) is 9.59 Å². The molecule has 2 N–H and O–H groups in total. The minimum Gasteiger partial charge on any atom is -0.481 e. The van der Waals surface area contributed by atoms with Crippen LogP contribution in [-0.4, -0.2) is 40.5 Å². The topological polar surface area (TPSA) is 69.6 Å². The van der Waals surface area contributed by atoms with Gasteiger partial charge in [-0.1, -0.05) is 11.6 Å². The normalized spacial score (nSPS) is 11.5. The number of carbonyl (C=O) groups is 2. The third kappa shape index (κ3) is 6.60. The number of hydrogen-bond acceptors (Lipinski definition) is 3. The summed E-state index contributed by atoms with van der Waals surface area (Å²) in [7, 11) is 0. The molecule has 0 saturated carbocycles. The molecular weight excluding hydrogens is 292 g/mol. The molecule has 0 aliphatic rings. The standard InChI is InChI=1S/C15H21ClN2O3/c1-15(2,3)18(9-8-14(20)21)10-13(19)17-12-6-4-11(16)5-7-12/h4-7H,8-10H2,1-3H3,(H,17,19)(H,20,21). The van der Waals surface area contributed by atoms with Crippen LogP contribution in [0, 0.1) is 0 Å². The molecule has 0 aromatic heterocycles. The third-order valence-electron chi connectivity index (χ3n) is 3.01. The Morgan fingerprint density at radius 1 is 1.24 bits per heavy atom. The van der Waals surface area contributed by atoms with Crippen LogP contribution in [0.1, 0.15) is 27.2 Å². The first-order valence-corrected chi connectivity index (χ1v) is 7.08. The fraction of sp³-hybridized carbons (Fsp3) is 0.467. The molecule has 1 amide bonds. The first kappa shape index (κ1) is 17.5. The van der Waals surface area contributed by atoms with Crippen molar-refractivity contribution < 1.29 is 14.7 Å². The maximum atomic E-state index is 12.1. The van der Waals surface area contributed by atoms with Crippen molar-refractivity contribution in [1.29, 1.82) is 0 Å². The van der Waals surface area contributed by atoms with E-state index in [1.54, 1.807) is 24.3 Å². The van der Waals surface area contributed by atoms with Crippen molar-refractivity contribution in [2.75, 3.05) is 18.4 Å². The lowest BCUT2D eigenvalue weighted by atomic mass is 10.1. The number of anilines is 1. The molecule has 0 atom stereocenters. The zero-order chi connectivity index (χ0) is 16.0. The summed E-state index contributed by atoms with van der Waals surface area (Å²) in [5, 5.41) is 12.2. The van der Waals surface area contributed by atoms with Crippen molar-refractivity contribution in [2.24, 2.45) is 0 Å². The van der Waals surface area contributed by atoms with Crippen LogP contribution in [0.3, 0.4) is 0 Å². The molecule has 0 aliphatic heterocycles. The van der Waals surface area contributed by atoms with Crippen LogP contribution < -0.4 is 5.32 Å². The molecule has 116 valence electrons. The Bertz CT molecular complexity index is 495. The molecule has 0 aliphatic carbocycles. The van der Waals surface area contributed by atoms with Gasteiger partial charge in [0.2, 0.25) is 5.91 Å². The average molecular weight is 313 g/mol. The van der Waals surface area contributed by atoms with Crippen LogP contribution in [0.2, 0.25) is 5.02 Å². The number of benzene rings is 1. The number of rotatable bonds is 6. The lowest BCUT2D eigenvalue weighted by Gasteiger charge is -2.34. The van der Waals surface area contributed by atoms with Crippen LogP contribution in [0.4, 0.5) is 5.69 Å². The van der Waals surface area contributed by atoms with Crippen LogP contribution >= 0.6 is 11.6 Å². The lowest BCUT2D eigenvalue weighted by molar-refractivity contribution is -0.138. The number of aliphatic carboxylic acids is 1. The Morgan fingerprint density at radius 2 is 1.81 bits per heavy atom. The van der Waals surface area contributed by atoms with Crippen LogP contribution in [0.15, 0.2) is 24.3 Å². The van der Waals surface area contributed by atoms with E-state index in [1.165, 1.54) is 0 Å². The Morgan fingerprint density at radius 3 is 2.29 bits per heavy atom. The molecule has 0 unspecified atom stereocenters. The fourth-order valence-electron chi connectivity index (χ4n) is 1.79. The summed E-state index contributed by atoms with van der Waals surface area (Å²) in [5.74, 6) is -1.06. The number of hydrogen-bond donors (Lipinski definition) is 2. The lowest BCUT2D eigenvalue weighted by Crippen LogP contribution is -2.46. The Hall–Kier alpha value is -1.59. The molecule has 21 heavy (non-hydrogen) atoms. The molecule has 1 aromatic rings. The maximum Gasteiger partial charge on any atom is 0.304 e. The van der Waals surface area contributed by atoms with Gasteiger partial charge in [0.05, 0.1) is 13.0 Å². The first-order valence-electron chi connectivity index (χ1n) is 6.71. The predicted molar refractivity (Wildman–Crippen MR) is 83.7 cm³/mol. The fourth-order valence-corrected chi connectivity index (χ4v) is 1.92. The van der Waals surface area contributed by atoms with Crippen molar-refractivity contribution in [3.8, 4) is 0 Å². The van der Waals surface area contributed by atoms with Crippen molar-refractivity contribution in [2.45, 2.75) is 32.7 Å². The smallest absolute Gasteiger partial charge is 0.304 e. The molecule has 5 nitrogen and oxygen atoms in total. The number of nitrogens with one attached hydrogen (secondary N) is 1. The van der Waals surface area contributed by atoms with Gasteiger partial charge in [-0.2, -0.15) is 0 Å². The SMILES string of the molecule is CC(C)(C)N(CCC(=O)O)CC(=O)Nc1ccc(Cl)cc1. The highest BCUT2D eigenvalue weighted by Gasteiger charge is 2.24. The number of amides is 1. The minimum absolute atomic E-state index is 0.00545. The van der Waals surface area contributed by atoms with Crippen LogP contribution in [-0.2, 0) is 9.59 Å². The van der Waals surface area contributed by atoms with Crippen molar-refractivity contribution in [3.63, 3.8) is 0 Å². The van der Waals surface area contributed by atoms with Gasteiger partial charge in [0.25, 0.3) is 0 Å². The quantitative estimate of drug-likeness (QED) is 0.847. The van der Waals surface area contributed by atoms with Gasteiger partial charge in [0.15, 0.2) is 0 Å². The van der Waals surface area contributed by atoms with Crippen LogP contribution in [0.5, 0.6) is 0 Å². The summed E-state index contributed by atoms with van der Waals surface area (Å²) in [6, 6.07) is 6.84. The van der Waals surface area contributed by atoms with E-state index in [4.69, 9.17) is 16.7 Å². The minimum atomic E-state index is -0.873. The van der Waals surface area contributed by atoms with E-state index in [0.717, 1.165) is 0 Å². The molecule has 1 aromatic carbocycles. The monoisotopic (exact) mass is 312 g/mol. The Labute approximate surface area is 129 Å². The van der Waals surface area contributed by atoms with Gasteiger partial charge >= 0.3 is 5.97 Å². The molecule has 0 bridgehead atoms. The second-order valence-corrected chi connectivity index (χ2v) is 6.23. The number of halogens is 1. The van der Waals surface area contributed by atoms with E-state index in [0.29, 0.717) is 17.3 Å². The summed E-state index contributed by atoms with van der Waals surface area (Å²) in [4.78, 5) is 24.6. The van der Waals surface area contributed by atoms with E-state index < -0.39 is 5.97 Å². The Kier molecular flexibility index (Phi) is 6.18. The third-order valence-corrected chi connectivity index (χ3v) is 3.26. The number of carbonyl (C=O) groups excluding carboxylic acids is 1. The summed E-state index contributed by atoms with van der Waals surface area (Å²) in [5.41, 5.74) is 0.378. The zero-order valence-electron chi connectivity index (χ0n) is 12.5. The average Bonchev–Trinajstić information content (AvgIpc) is 2.35. The first-order chi connectivity index (χ1) is 9.68. The largest absolute Gasteiger partial charge is 0.481 e. The van der Waals surface area contributed by atoms with E-state index in [-0.39, 0.29) is 24.4 Å². The van der Waals surface area contributed by atoms with Gasteiger partial charge in [0, 0.05) is 22.8 Å². The zero-order valence-corrected chi connectivity index (χ0v) is 13.3. The second kappa shape index (κ2) is 7.43. The van der Waals surface area contributed by atoms with Crippen molar-refractivity contribution >= 4 is 29.2 Å². The van der Waals surface area contributed by atoms with Gasteiger partial charge in [0.1, 0.15) is 0 Å². The molecule has 0 heterocycles. The van der Waals surface area contributed by atoms with Gasteiger partial charge in [-0.05, 0) is 45.0 Å². The second-order valence-electron chi connectivity index (χ2n) is 5.79. The van der Waals surface area contributed by atoms with E-state index >= 15 is 0 Å². The summed E-state index contributed by atoms with van der Waals surface area (Å²) in [6.45, 7) is 6.31. The summed E-state index contributed by atoms with van der Waals surface area (Å²) in [6.07, 6.45) is 0.00545.